The summed E-state index contributed by atoms with van der Waals surface area (Å²) in [5, 5.41) is 0. The Kier molecular flexibility index (Phi) is 9.90. The molecule has 1 atom stereocenters. The van der Waals surface area contributed by atoms with Crippen LogP contribution in [-0.4, -0.2) is 0 Å². The topological polar surface area (TPSA) is 0 Å². The van der Waals surface area contributed by atoms with Crippen LogP contribution in [-0.2, 0) is 0 Å². The van der Waals surface area contributed by atoms with E-state index < -0.39 is 0 Å². The molecule has 0 aromatic carbocycles. The number of rotatable bonds is 9. The Hall–Kier alpha value is -0.780. The minimum Gasteiger partial charge on any atom is -0.0991 e. The molecule has 0 aliphatic rings. The van der Waals surface area contributed by atoms with Crippen molar-refractivity contribution in [1.82, 2.24) is 0 Å². The van der Waals surface area contributed by atoms with Crippen molar-refractivity contribution in [2.24, 2.45) is 5.92 Å². The molecular weight excluding hydrogens is 204 g/mol. The van der Waals surface area contributed by atoms with E-state index in [4.69, 9.17) is 0 Å². The second kappa shape index (κ2) is 10.4. The summed E-state index contributed by atoms with van der Waals surface area (Å²) in [6.07, 6.45) is 13.9. The Balaban J connectivity index is 4.62. The van der Waals surface area contributed by atoms with E-state index in [-0.39, 0.29) is 0 Å². The predicted molar refractivity (Wildman–Crippen MR) is 80.3 cm³/mol. The molecule has 0 aromatic rings. The van der Waals surface area contributed by atoms with Gasteiger partial charge in [-0.25, -0.2) is 0 Å². The van der Waals surface area contributed by atoms with Crippen molar-refractivity contribution in [3.05, 3.63) is 36.0 Å². The third kappa shape index (κ3) is 8.01. The van der Waals surface area contributed by atoms with Crippen LogP contribution in [0.1, 0.15) is 66.2 Å². The van der Waals surface area contributed by atoms with Gasteiger partial charge in [0, 0.05) is 0 Å². The van der Waals surface area contributed by atoms with Gasteiger partial charge in [0.15, 0.2) is 0 Å². The summed E-state index contributed by atoms with van der Waals surface area (Å²) >= 11 is 0. The summed E-state index contributed by atoms with van der Waals surface area (Å²) in [4.78, 5) is 0. The zero-order chi connectivity index (χ0) is 13.1. The lowest BCUT2D eigenvalue weighted by atomic mass is 9.95. The van der Waals surface area contributed by atoms with Gasteiger partial charge in [0.25, 0.3) is 0 Å². The SMILES string of the molecule is C=CC=C(C=C(CC)CCCC)CC(C)CC. The van der Waals surface area contributed by atoms with Crippen LogP contribution in [0.4, 0.5) is 0 Å². The molecule has 0 nitrogen and oxygen atoms in total. The zero-order valence-corrected chi connectivity index (χ0v) is 12.3. The molecule has 0 saturated heterocycles. The quantitative estimate of drug-likeness (QED) is 0.425. The average molecular weight is 234 g/mol. The average Bonchev–Trinajstić information content (AvgIpc) is 2.34. The maximum atomic E-state index is 3.82. The number of hydrogen-bond donors (Lipinski definition) is 0. The van der Waals surface area contributed by atoms with Crippen LogP contribution in [0.25, 0.3) is 0 Å². The van der Waals surface area contributed by atoms with Gasteiger partial charge in [-0.05, 0) is 37.2 Å². The van der Waals surface area contributed by atoms with Crippen molar-refractivity contribution in [2.45, 2.75) is 66.2 Å². The largest absolute Gasteiger partial charge is 0.0991 e. The summed E-state index contributed by atoms with van der Waals surface area (Å²) in [5.74, 6) is 0.765. The van der Waals surface area contributed by atoms with Gasteiger partial charge in [0.2, 0.25) is 0 Å². The van der Waals surface area contributed by atoms with Crippen molar-refractivity contribution < 1.29 is 0 Å². The summed E-state index contributed by atoms with van der Waals surface area (Å²) in [6, 6.07) is 0. The Bertz CT molecular complexity index is 255. The fourth-order valence-electron chi connectivity index (χ4n) is 1.89. The van der Waals surface area contributed by atoms with Crippen LogP contribution in [0.3, 0.4) is 0 Å². The van der Waals surface area contributed by atoms with E-state index in [9.17, 15) is 0 Å². The molecule has 0 N–H and O–H groups in total. The first-order valence-electron chi connectivity index (χ1n) is 7.18. The van der Waals surface area contributed by atoms with Crippen LogP contribution >= 0.6 is 0 Å². The van der Waals surface area contributed by atoms with Gasteiger partial charge in [-0.3, -0.25) is 0 Å². The van der Waals surface area contributed by atoms with E-state index in [0.29, 0.717) is 0 Å². The van der Waals surface area contributed by atoms with Crippen LogP contribution in [0, 0.1) is 5.92 Å². The Morgan fingerprint density at radius 3 is 2.41 bits per heavy atom. The molecule has 1 unspecified atom stereocenters. The molecular formula is C17H30. The zero-order valence-electron chi connectivity index (χ0n) is 12.3. The lowest BCUT2D eigenvalue weighted by Crippen LogP contribution is -1.95. The molecule has 0 heteroatoms. The molecule has 98 valence electrons. The van der Waals surface area contributed by atoms with Gasteiger partial charge >= 0.3 is 0 Å². The summed E-state index contributed by atoms with van der Waals surface area (Å²) in [7, 11) is 0. The molecule has 0 aliphatic carbocycles. The molecule has 0 fully saturated rings. The molecule has 0 heterocycles. The second-order valence-corrected chi connectivity index (χ2v) is 4.95. The monoisotopic (exact) mass is 234 g/mol. The van der Waals surface area contributed by atoms with Crippen molar-refractivity contribution in [2.75, 3.05) is 0 Å². The van der Waals surface area contributed by atoms with Crippen LogP contribution in [0.2, 0.25) is 0 Å². The minimum absolute atomic E-state index is 0.765. The molecule has 0 spiro atoms. The van der Waals surface area contributed by atoms with Crippen LogP contribution < -0.4 is 0 Å². The molecule has 0 rings (SSSR count). The standard InChI is InChI=1S/C17H30/c1-6-10-12-16(9-4)14-17(11-7-2)13-15(5)8-3/h7,11,14-15H,2,6,8-10,12-13H2,1,3-5H3. The Morgan fingerprint density at radius 1 is 1.24 bits per heavy atom. The highest BCUT2D eigenvalue weighted by atomic mass is 14.1. The normalized spacial score (nSPS) is 14.8. The van der Waals surface area contributed by atoms with Gasteiger partial charge in [0.05, 0.1) is 0 Å². The highest BCUT2D eigenvalue weighted by molar-refractivity contribution is 5.27. The predicted octanol–water partition coefficient (Wildman–Crippen LogP) is 6.06. The number of unbranched alkanes of at least 4 members (excludes halogenated alkanes) is 1. The van der Waals surface area contributed by atoms with Gasteiger partial charge in [-0.1, -0.05) is 70.9 Å². The van der Waals surface area contributed by atoms with Crippen LogP contribution in [0.15, 0.2) is 36.0 Å². The second-order valence-electron chi connectivity index (χ2n) is 4.95. The van der Waals surface area contributed by atoms with Crippen LogP contribution in [0.5, 0.6) is 0 Å². The lowest BCUT2D eigenvalue weighted by Gasteiger charge is -2.11. The third-order valence-electron chi connectivity index (χ3n) is 3.31. The number of allylic oxidation sites excluding steroid dienone is 5. The lowest BCUT2D eigenvalue weighted by molar-refractivity contribution is 0.561. The van der Waals surface area contributed by atoms with Gasteiger partial charge < -0.3 is 0 Å². The van der Waals surface area contributed by atoms with E-state index in [1.807, 2.05) is 6.08 Å². The molecule has 17 heavy (non-hydrogen) atoms. The van der Waals surface area contributed by atoms with E-state index >= 15 is 0 Å². The third-order valence-corrected chi connectivity index (χ3v) is 3.31. The maximum Gasteiger partial charge on any atom is -0.0253 e. The summed E-state index contributed by atoms with van der Waals surface area (Å²) in [5.41, 5.74) is 3.03. The molecule has 0 aromatic heterocycles. The highest BCUT2D eigenvalue weighted by Crippen LogP contribution is 2.20. The minimum atomic E-state index is 0.765. The van der Waals surface area contributed by atoms with E-state index in [1.54, 1.807) is 5.57 Å². The fourth-order valence-corrected chi connectivity index (χ4v) is 1.89. The summed E-state index contributed by atoms with van der Waals surface area (Å²) in [6.45, 7) is 12.9. The first kappa shape index (κ1) is 16.2. The van der Waals surface area contributed by atoms with Gasteiger partial charge in [-0.2, -0.15) is 0 Å². The van der Waals surface area contributed by atoms with Crippen molar-refractivity contribution in [3.63, 3.8) is 0 Å². The van der Waals surface area contributed by atoms with Gasteiger partial charge in [0.1, 0.15) is 0 Å². The van der Waals surface area contributed by atoms with Crippen molar-refractivity contribution in [3.8, 4) is 0 Å². The fraction of sp³-hybridized carbons (Fsp3) is 0.647. The first-order chi connectivity index (χ1) is 8.17. The molecule has 0 aliphatic heterocycles. The number of hydrogen-bond acceptors (Lipinski definition) is 0. The Morgan fingerprint density at radius 2 is 1.94 bits per heavy atom. The van der Waals surface area contributed by atoms with E-state index in [0.717, 1.165) is 5.92 Å². The molecule has 0 saturated carbocycles. The first-order valence-corrected chi connectivity index (χ1v) is 7.18. The van der Waals surface area contributed by atoms with E-state index in [1.165, 1.54) is 44.1 Å². The maximum absolute atomic E-state index is 3.82. The highest BCUT2D eigenvalue weighted by Gasteiger charge is 2.03. The molecule has 0 radical (unpaired) electrons. The van der Waals surface area contributed by atoms with Crippen molar-refractivity contribution >= 4 is 0 Å². The van der Waals surface area contributed by atoms with E-state index in [2.05, 4.69) is 46.4 Å². The Labute approximate surface area is 109 Å². The van der Waals surface area contributed by atoms with Crippen molar-refractivity contribution in [1.29, 1.82) is 0 Å². The van der Waals surface area contributed by atoms with Gasteiger partial charge in [-0.15, -0.1) is 0 Å². The molecule has 0 bridgehead atoms. The molecule has 0 amide bonds. The smallest absolute Gasteiger partial charge is 0.0253 e. The summed E-state index contributed by atoms with van der Waals surface area (Å²) < 4.78 is 0.